The van der Waals surface area contributed by atoms with Gasteiger partial charge in [-0.2, -0.15) is 0 Å². The first-order valence-electron chi connectivity index (χ1n) is 8.54. The Morgan fingerprint density at radius 2 is 1.82 bits per heavy atom. The van der Waals surface area contributed by atoms with Gasteiger partial charge in [0.15, 0.2) is 0 Å². The van der Waals surface area contributed by atoms with Crippen molar-refractivity contribution in [1.82, 2.24) is 4.98 Å². The fourth-order valence-corrected chi connectivity index (χ4v) is 3.86. The van der Waals surface area contributed by atoms with Gasteiger partial charge in [-0.3, -0.25) is 14.9 Å². The third-order valence-corrected chi connectivity index (χ3v) is 5.46. The van der Waals surface area contributed by atoms with Crippen LogP contribution in [0.1, 0.15) is 15.9 Å². The molecular weight excluding hydrogens is 374 g/mol. The van der Waals surface area contributed by atoms with Gasteiger partial charge in [-0.25, -0.2) is 4.98 Å². The van der Waals surface area contributed by atoms with Crippen molar-refractivity contribution in [3.05, 3.63) is 88.0 Å². The number of benzene rings is 3. The summed E-state index contributed by atoms with van der Waals surface area (Å²) in [5, 5.41) is 14.8. The molecule has 0 unspecified atom stereocenters. The molecule has 6 nitrogen and oxygen atoms in total. The number of amides is 1. The van der Waals surface area contributed by atoms with Crippen LogP contribution in [-0.2, 0) is 0 Å². The van der Waals surface area contributed by atoms with E-state index in [9.17, 15) is 14.9 Å². The van der Waals surface area contributed by atoms with Crippen molar-refractivity contribution in [1.29, 1.82) is 0 Å². The first-order chi connectivity index (χ1) is 13.5. The second-order valence-electron chi connectivity index (χ2n) is 6.24. The molecule has 0 aliphatic rings. The van der Waals surface area contributed by atoms with Crippen LogP contribution < -0.4 is 5.32 Å². The number of carbonyl (C=O) groups excluding carboxylic acids is 1. The van der Waals surface area contributed by atoms with Gasteiger partial charge in [0.05, 0.1) is 15.1 Å². The number of nitro groups is 1. The number of nitro benzene ring substituents is 1. The Kier molecular flexibility index (Phi) is 4.58. The smallest absolute Gasteiger partial charge is 0.282 e. The SMILES string of the molecule is Cc1ccc(-c2nc3ccccc3s2)cc1NC(=O)c1ccccc1[N+](=O)[O-]. The van der Waals surface area contributed by atoms with Crippen molar-refractivity contribution in [2.45, 2.75) is 6.92 Å². The lowest BCUT2D eigenvalue weighted by molar-refractivity contribution is -0.385. The summed E-state index contributed by atoms with van der Waals surface area (Å²) in [6.07, 6.45) is 0. The van der Waals surface area contributed by atoms with Crippen LogP contribution in [0.25, 0.3) is 20.8 Å². The fourth-order valence-electron chi connectivity index (χ4n) is 2.90. The zero-order valence-corrected chi connectivity index (χ0v) is 15.7. The summed E-state index contributed by atoms with van der Waals surface area (Å²) >= 11 is 1.57. The van der Waals surface area contributed by atoms with Crippen LogP contribution in [0, 0.1) is 17.0 Å². The van der Waals surface area contributed by atoms with Gasteiger partial charge in [0.2, 0.25) is 0 Å². The highest BCUT2D eigenvalue weighted by Gasteiger charge is 2.20. The molecule has 1 N–H and O–H groups in total. The lowest BCUT2D eigenvalue weighted by Gasteiger charge is -2.10. The summed E-state index contributed by atoms with van der Waals surface area (Å²) in [4.78, 5) is 27.9. The highest BCUT2D eigenvalue weighted by Crippen LogP contribution is 2.32. The summed E-state index contributed by atoms with van der Waals surface area (Å²) in [5.74, 6) is -0.517. The molecule has 7 heteroatoms. The molecule has 28 heavy (non-hydrogen) atoms. The summed E-state index contributed by atoms with van der Waals surface area (Å²) in [6, 6.07) is 19.5. The van der Waals surface area contributed by atoms with E-state index in [0.29, 0.717) is 5.69 Å². The van der Waals surface area contributed by atoms with E-state index in [1.54, 1.807) is 17.4 Å². The number of aryl methyl sites for hydroxylation is 1. The van der Waals surface area contributed by atoms with Crippen LogP contribution in [0.4, 0.5) is 11.4 Å². The van der Waals surface area contributed by atoms with Crippen molar-refractivity contribution < 1.29 is 9.72 Å². The average Bonchev–Trinajstić information content (AvgIpc) is 3.13. The molecule has 0 aliphatic carbocycles. The van der Waals surface area contributed by atoms with E-state index in [2.05, 4.69) is 10.3 Å². The summed E-state index contributed by atoms with van der Waals surface area (Å²) < 4.78 is 1.09. The van der Waals surface area contributed by atoms with E-state index in [-0.39, 0.29) is 11.3 Å². The van der Waals surface area contributed by atoms with Gasteiger partial charge in [0.1, 0.15) is 10.6 Å². The third-order valence-electron chi connectivity index (χ3n) is 4.37. The van der Waals surface area contributed by atoms with Gasteiger partial charge in [0.25, 0.3) is 11.6 Å². The fraction of sp³-hybridized carbons (Fsp3) is 0.0476. The molecule has 0 aliphatic heterocycles. The van der Waals surface area contributed by atoms with Crippen molar-refractivity contribution >= 4 is 38.8 Å². The summed E-state index contributed by atoms with van der Waals surface area (Å²) in [5.41, 5.74) is 3.06. The maximum Gasteiger partial charge on any atom is 0.282 e. The van der Waals surface area contributed by atoms with Crippen molar-refractivity contribution in [3.63, 3.8) is 0 Å². The van der Waals surface area contributed by atoms with Gasteiger partial charge in [0, 0.05) is 17.3 Å². The largest absolute Gasteiger partial charge is 0.322 e. The number of para-hydroxylation sites is 2. The number of nitrogens with one attached hydrogen (secondary N) is 1. The second-order valence-corrected chi connectivity index (χ2v) is 7.28. The molecular formula is C21H15N3O3S. The quantitative estimate of drug-likeness (QED) is 0.372. The number of rotatable bonds is 4. The summed E-state index contributed by atoms with van der Waals surface area (Å²) in [6.45, 7) is 1.87. The van der Waals surface area contributed by atoms with Crippen LogP contribution in [0.2, 0.25) is 0 Å². The Balaban J connectivity index is 1.68. The maximum atomic E-state index is 12.7. The number of fused-ring (bicyclic) bond motifs is 1. The number of hydrogen-bond donors (Lipinski definition) is 1. The molecule has 1 heterocycles. The van der Waals surface area contributed by atoms with Crippen LogP contribution in [-0.4, -0.2) is 15.8 Å². The lowest BCUT2D eigenvalue weighted by atomic mass is 10.1. The zero-order chi connectivity index (χ0) is 19.7. The Labute approximate surface area is 164 Å². The predicted molar refractivity (Wildman–Crippen MR) is 111 cm³/mol. The molecule has 0 bridgehead atoms. The minimum Gasteiger partial charge on any atom is -0.322 e. The van der Waals surface area contributed by atoms with E-state index in [4.69, 9.17) is 0 Å². The molecule has 0 radical (unpaired) electrons. The Morgan fingerprint density at radius 3 is 2.61 bits per heavy atom. The van der Waals surface area contributed by atoms with Gasteiger partial charge >= 0.3 is 0 Å². The molecule has 138 valence electrons. The third kappa shape index (κ3) is 3.35. The normalized spacial score (nSPS) is 10.8. The van der Waals surface area contributed by atoms with Gasteiger partial charge in [-0.15, -0.1) is 11.3 Å². The number of hydrogen-bond acceptors (Lipinski definition) is 5. The molecule has 1 aromatic heterocycles. The maximum absolute atomic E-state index is 12.7. The molecule has 0 saturated carbocycles. The first-order valence-corrected chi connectivity index (χ1v) is 9.36. The van der Waals surface area contributed by atoms with E-state index in [0.717, 1.165) is 26.4 Å². The second kappa shape index (κ2) is 7.21. The zero-order valence-electron chi connectivity index (χ0n) is 14.9. The van der Waals surface area contributed by atoms with E-state index >= 15 is 0 Å². The van der Waals surface area contributed by atoms with Gasteiger partial charge < -0.3 is 5.32 Å². The predicted octanol–water partition coefficient (Wildman–Crippen LogP) is 5.43. The molecule has 4 rings (SSSR count). The van der Waals surface area contributed by atoms with E-state index in [1.807, 2.05) is 49.4 Å². The highest BCUT2D eigenvalue weighted by molar-refractivity contribution is 7.21. The average molecular weight is 389 g/mol. The standard InChI is InChI=1S/C21H15N3O3S/c1-13-10-11-14(21-23-16-7-3-5-9-19(16)28-21)12-17(13)22-20(25)15-6-2-4-8-18(15)24(26)27/h2-12H,1H3,(H,22,25). The van der Waals surface area contributed by atoms with Crippen LogP contribution in [0.5, 0.6) is 0 Å². The Hall–Kier alpha value is -3.58. The number of aromatic nitrogens is 1. The molecule has 0 spiro atoms. The summed E-state index contributed by atoms with van der Waals surface area (Å²) in [7, 11) is 0. The number of thiazole rings is 1. The molecule has 0 fully saturated rings. The molecule has 3 aromatic carbocycles. The Bertz CT molecular complexity index is 1180. The molecule has 0 saturated heterocycles. The van der Waals surface area contributed by atoms with E-state index in [1.165, 1.54) is 18.2 Å². The van der Waals surface area contributed by atoms with Gasteiger partial charge in [-0.05, 0) is 36.8 Å². The Morgan fingerprint density at radius 1 is 1.07 bits per heavy atom. The number of nitrogens with zero attached hydrogens (tertiary/aromatic N) is 2. The minimum absolute atomic E-state index is 0.0253. The van der Waals surface area contributed by atoms with Gasteiger partial charge in [-0.1, -0.05) is 36.4 Å². The van der Waals surface area contributed by atoms with Crippen molar-refractivity contribution in [2.24, 2.45) is 0 Å². The topological polar surface area (TPSA) is 85.1 Å². The minimum atomic E-state index is -0.556. The molecule has 0 atom stereocenters. The van der Waals surface area contributed by atoms with E-state index < -0.39 is 10.8 Å². The molecule has 4 aromatic rings. The highest BCUT2D eigenvalue weighted by atomic mass is 32.1. The van der Waals surface area contributed by atoms with Crippen LogP contribution in [0.15, 0.2) is 66.7 Å². The van der Waals surface area contributed by atoms with Crippen LogP contribution in [0.3, 0.4) is 0 Å². The molecule has 1 amide bonds. The lowest BCUT2D eigenvalue weighted by Crippen LogP contribution is -2.14. The number of carbonyl (C=O) groups is 1. The van der Waals surface area contributed by atoms with Crippen LogP contribution >= 0.6 is 11.3 Å². The monoisotopic (exact) mass is 389 g/mol. The first kappa shape index (κ1) is 17.8. The van der Waals surface area contributed by atoms with Crippen molar-refractivity contribution in [3.8, 4) is 10.6 Å². The number of anilines is 1. The van der Waals surface area contributed by atoms with Crippen molar-refractivity contribution in [2.75, 3.05) is 5.32 Å².